The number of fused-ring (bicyclic) bond motifs is 4. The zero-order valence-electron chi connectivity index (χ0n) is 24.1. The minimum Gasteiger partial charge on any atom is -0.493 e. The van der Waals surface area contributed by atoms with Gasteiger partial charge in [0.1, 0.15) is 11.5 Å². The normalized spacial score (nSPS) is 23.9. The van der Waals surface area contributed by atoms with Crippen molar-refractivity contribution < 1.29 is 28.5 Å². The summed E-state index contributed by atoms with van der Waals surface area (Å²) in [6.45, 7) is 2.71. The third-order valence-corrected chi connectivity index (χ3v) is 10.1. The van der Waals surface area contributed by atoms with Gasteiger partial charge in [0, 0.05) is 39.8 Å². The molecule has 1 atom stereocenters. The largest absolute Gasteiger partial charge is 0.493 e. The van der Waals surface area contributed by atoms with E-state index in [1.54, 1.807) is 6.07 Å². The van der Waals surface area contributed by atoms with Crippen LogP contribution in [0.15, 0.2) is 47.5 Å². The number of thioether (sulfide) groups is 1. The van der Waals surface area contributed by atoms with Crippen molar-refractivity contribution in [1.82, 2.24) is 10.3 Å². The molecule has 0 bridgehead atoms. The van der Waals surface area contributed by atoms with Crippen molar-refractivity contribution in [3.63, 3.8) is 0 Å². The van der Waals surface area contributed by atoms with E-state index in [1.165, 1.54) is 17.3 Å². The number of carbonyl (C=O) groups is 2. The summed E-state index contributed by atoms with van der Waals surface area (Å²) in [6, 6.07) is 11.8. The molecule has 3 aliphatic heterocycles. The minimum atomic E-state index is -0.187. The van der Waals surface area contributed by atoms with Crippen LogP contribution >= 0.6 is 11.8 Å². The topological polar surface area (TPSA) is 108 Å². The smallest absolute Gasteiger partial charge is 0.251 e. The van der Waals surface area contributed by atoms with E-state index >= 15 is 0 Å². The van der Waals surface area contributed by atoms with Crippen LogP contribution in [0.5, 0.6) is 11.5 Å². The standard InChI is InChI=1S/C33H37N3O6S/c37-31-19-43-30-9-4-21(15-28(30)36-31)33(38)35-23-5-2-20(3-6-23)22-14-26-25-16-24(39-13-10-32-40-11-1-12-41-32)7-8-27(25)34-17-29(26)42-18-22/h4,7-9,15-17,20,22-23,32H,1-3,5-6,10-14,18-19H2,(H,35,38)(H,36,37). The minimum absolute atomic E-state index is 0.0309. The molecule has 7 rings (SSSR count). The van der Waals surface area contributed by atoms with Crippen molar-refractivity contribution >= 4 is 40.2 Å². The van der Waals surface area contributed by atoms with Crippen LogP contribution < -0.4 is 20.1 Å². The molecule has 2 aromatic carbocycles. The lowest BCUT2D eigenvalue weighted by molar-refractivity contribution is -0.183. The Bertz CT molecular complexity index is 1500. The summed E-state index contributed by atoms with van der Waals surface area (Å²) in [4.78, 5) is 30.4. The van der Waals surface area contributed by atoms with Gasteiger partial charge in [-0.3, -0.25) is 14.6 Å². The predicted molar refractivity (Wildman–Crippen MR) is 164 cm³/mol. The number of nitrogens with one attached hydrogen (secondary N) is 2. The second-order valence-corrected chi connectivity index (χ2v) is 12.9. The molecule has 0 radical (unpaired) electrons. The third kappa shape index (κ3) is 6.46. The number of rotatable bonds is 7. The number of anilines is 1. The number of hydrogen-bond acceptors (Lipinski definition) is 8. The molecule has 10 heteroatoms. The highest BCUT2D eigenvalue weighted by Gasteiger charge is 2.33. The summed E-state index contributed by atoms with van der Waals surface area (Å²) in [5.41, 5.74) is 3.46. The van der Waals surface area contributed by atoms with Gasteiger partial charge in [-0.2, -0.15) is 0 Å². The second kappa shape index (κ2) is 12.7. The van der Waals surface area contributed by atoms with E-state index in [-0.39, 0.29) is 24.1 Å². The monoisotopic (exact) mass is 603 g/mol. The fourth-order valence-electron chi connectivity index (χ4n) is 6.66. The van der Waals surface area contributed by atoms with Crippen molar-refractivity contribution in [1.29, 1.82) is 0 Å². The number of aromatic nitrogens is 1. The van der Waals surface area contributed by atoms with Crippen molar-refractivity contribution in [2.24, 2.45) is 11.8 Å². The predicted octanol–water partition coefficient (Wildman–Crippen LogP) is 5.35. The quantitative estimate of drug-likeness (QED) is 0.372. The molecule has 4 heterocycles. The van der Waals surface area contributed by atoms with E-state index in [2.05, 4.69) is 21.7 Å². The molecule has 43 heavy (non-hydrogen) atoms. The molecule has 9 nitrogen and oxygen atoms in total. The Morgan fingerprint density at radius 2 is 1.93 bits per heavy atom. The Kier molecular flexibility index (Phi) is 8.41. The van der Waals surface area contributed by atoms with Gasteiger partial charge in [-0.15, -0.1) is 11.8 Å². The van der Waals surface area contributed by atoms with Crippen molar-refractivity contribution in [3.8, 4) is 11.5 Å². The summed E-state index contributed by atoms with van der Waals surface area (Å²) in [5.74, 6) is 2.94. The number of hydrogen-bond donors (Lipinski definition) is 2. The van der Waals surface area contributed by atoms with Gasteiger partial charge in [0.25, 0.3) is 5.91 Å². The highest BCUT2D eigenvalue weighted by atomic mass is 32.2. The zero-order chi connectivity index (χ0) is 29.2. The van der Waals surface area contributed by atoms with E-state index in [9.17, 15) is 9.59 Å². The first kappa shape index (κ1) is 28.4. The Morgan fingerprint density at radius 1 is 1.07 bits per heavy atom. The Morgan fingerprint density at radius 3 is 2.79 bits per heavy atom. The van der Waals surface area contributed by atoms with Crippen LogP contribution in [-0.2, 0) is 20.7 Å². The zero-order valence-corrected chi connectivity index (χ0v) is 25.0. The molecule has 1 aliphatic carbocycles. The second-order valence-electron chi connectivity index (χ2n) is 11.8. The molecule has 1 aromatic heterocycles. The van der Waals surface area contributed by atoms with Gasteiger partial charge in [0.15, 0.2) is 6.29 Å². The van der Waals surface area contributed by atoms with Crippen LogP contribution in [0.2, 0.25) is 0 Å². The van der Waals surface area contributed by atoms with Crippen LogP contribution in [0.1, 0.15) is 54.4 Å². The van der Waals surface area contributed by atoms with Gasteiger partial charge in [0.05, 0.1) is 49.6 Å². The van der Waals surface area contributed by atoms with Gasteiger partial charge >= 0.3 is 0 Å². The van der Waals surface area contributed by atoms with Gasteiger partial charge in [-0.05, 0) is 80.8 Å². The first-order valence-electron chi connectivity index (χ1n) is 15.4. The van der Waals surface area contributed by atoms with Crippen LogP contribution in [0.3, 0.4) is 0 Å². The maximum atomic E-state index is 13.0. The van der Waals surface area contributed by atoms with Crippen LogP contribution in [0.4, 0.5) is 5.69 Å². The summed E-state index contributed by atoms with van der Waals surface area (Å²) in [7, 11) is 0. The average Bonchev–Trinajstić information content (AvgIpc) is 3.05. The molecular formula is C33H37N3O6S. The number of carbonyl (C=O) groups excluding carboxylic acids is 2. The maximum Gasteiger partial charge on any atom is 0.251 e. The van der Waals surface area contributed by atoms with Gasteiger partial charge in [-0.1, -0.05) is 0 Å². The molecule has 1 unspecified atom stereocenters. The molecule has 0 spiro atoms. The fraction of sp³-hybridized carbons (Fsp3) is 0.485. The molecule has 4 aliphatic rings. The lowest BCUT2D eigenvalue weighted by atomic mass is 9.75. The van der Waals surface area contributed by atoms with Gasteiger partial charge in [-0.25, -0.2) is 0 Å². The summed E-state index contributed by atoms with van der Waals surface area (Å²) in [5, 5.41) is 7.19. The lowest BCUT2D eigenvalue weighted by Gasteiger charge is -2.36. The number of pyridine rings is 1. The van der Waals surface area contributed by atoms with E-state index in [0.717, 1.165) is 84.7 Å². The Labute approximate surface area is 255 Å². The fourth-order valence-corrected chi connectivity index (χ4v) is 7.45. The molecule has 2 N–H and O–H groups in total. The van der Waals surface area contributed by atoms with E-state index in [1.807, 2.05) is 30.5 Å². The highest BCUT2D eigenvalue weighted by Crippen LogP contribution is 2.40. The number of amides is 2. The molecule has 2 fully saturated rings. The molecule has 3 aromatic rings. The van der Waals surface area contributed by atoms with Crippen molar-refractivity contribution in [3.05, 3.63) is 53.7 Å². The van der Waals surface area contributed by atoms with E-state index in [4.69, 9.17) is 18.9 Å². The highest BCUT2D eigenvalue weighted by molar-refractivity contribution is 8.00. The number of benzene rings is 2. The van der Waals surface area contributed by atoms with Gasteiger partial charge in [0.2, 0.25) is 5.91 Å². The Balaban J connectivity index is 0.952. The summed E-state index contributed by atoms with van der Waals surface area (Å²) >= 11 is 1.50. The van der Waals surface area contributed by atoms with Crippen LogP contribution in [0, 0.1) is 11.8 Å². The third-order valence-electron chi connectivity index (χ3n) is 9.00. The molecular weight excluding hydrogens is 566 g/mol. The summed E-state index contributed by atoms with van der Waals surface area (Å²) in [6.07, 6.45) is 8.24. The molecule has 1 saturated carbocycles. The van der Waals surface area contributed by atoms with E-state index < -0.39 is 0 Å². The van der Waals surface area contributed by atoms with Crippen molar-refractivity contribution in [2.75, 3.05) is 37.5 Å². The van der Waals surface area contributed by atoms with Crippen molar-refractivity contribution in [2.45, 2.75) is 62.2 Å². The van der Waals surface area contributed by atoms with Crippen LogP contribution in [0.25, 0.3) is 10.9 Å². The van der Waals surface area contributed by atoms with Gasteiger partial charge < -0.3 is 29.6 Å². The molecule has 1 saturated heterocycles. The molecule has 226 valence electrons. The lowest BCUT2D eigenvalue weighted by Crippen LogP contribution is -2.40. The maximum absolute atomic E-state index is 13.0. The first-order valence-corrected chi connectivity index (χ1v) is 16.4. The first-order chi connectivity index (χ1) is 21.1. The number of nitrogens with zero attached hydrogens (tertiary/aromatic N) is 1. The van der Waals surface area contributed by atoms with E-state index in [0.29, 0.717) is 42.8 Å². The SMILES string of the molecule is O=C1CSc2ccc(C(=O)NC3CCC(C4COc5cnc6ccc(OCCC7OCCCO7)cc6c5C4)CC3)cc2N1. The molecule has 2 amide bonds. The Hall–Kier alpha value is -3.34. The summed E-state index contributed by atoms with van der Waals surface area (Å²) < 4.78 is 23.6. The average molecular weight is 604 g/mol. The van der Waals surface area contributed by atoms with Crippen LogP contribution in [-0.4, -0.2) is 61.3 Å². The number of ether oxygens (including phenoxy) is 4.